The van der Waals surface area contributed by atoms with Crippen LogP contribution >= 0.6 is 24.9 Å². The van der Waals surface area contributed by atoms with E-state index in [0.717, 1.165) is 5.39 Å². The van der Waals surface area contributed by atoms with Crippen LogP contribution in [0.15, 0.2) is 127 Å². The summed E-state index contributed by atoms with van der Waals surface area (Å²) >= 11 is 0. The van der Waals surface area contributed by atoms with Gasteiger partial charge in [0.15, 0.2) is 0 Å². The summed E-state index contributed by atoms with van der Waals surface area (Å²) in [4.78, 5) is 0. The van der Waals surface area contributed by atoms with Crippen molar-refractivity contribution < 1.29 is 0 Å². The number of rotatable bonds is 3. The Bertz CT molecular complexity index is 1300. The molecule has 0 saturated carbocycles. The van der Waals surface area contributed by atoms with Crippen molar-refractivity contribution in [2.75, 3.05) is 0 Å². The number of hydrogen-bond acceptors (Lipinski definition) is 1. The molecule has 0 N–H and O–H groups in total. The van der Waals surface area contributed by atoms with Crippen LogP contribution in [-0.4, -0.2) is 0 Å². The van der Waals surface area contributed by atoms with E-state index in [4.69, 9.17) is 5.26 Å². The molecule has 0 amide bonds. The number of hydrogen-bond donors (Lipinski definition) is 0. The summed E-state index contributed by atoms with van der Waals surface area (Å²) in [6, 6.07) is 46.3. The van der Waals surface area contributed by atoms with Crippen molar-refractivity contribution in [3.8, 4) is 6.07 Å². The fourth-order valence-electron chi connectivity index (χ4n) is 3.63. The second kappa shape index (κ2) is 12.1. The normalized spacial score (nSPS) is 9.97. The monoisotopic (exact) mass is 509 g/mol. The van der Waals surface area contributed by atoms with E-state index in [9.17, 15) is 0 Å². The van der Waals surface area contributed by atoms with Crippen LogP contribution < -0.4 is 15.9 Å². The minimum atomic E-state index is -0.462. The second-order valence-corrected chi connectivity index (χ2v) is 9.74. The topological polar surface area (TPSA) is 23.8 Å². The predicted molar refractivity (Wildman–Crippen MR) is 149 cm³/mol. The molecule has 0 aromatic heterocycles. The minimum absolute atomic E-state index is 0. The van der Waals surface area contributed by atoms with E-state index in [-0.39, 0.29) is 17.0 Å². The Labute approximate surface area is 207 Å². The zero-order valence-electron chi connectivity index (χ0n) is 18.4. The first-order chi connectivity index (χ1) is 15.7. The van der Waals surface area contributed by atoms with Gasteiger partial charge < -0.3 is 0 Å². The molecule has 0 aliphatic rings. The van der Waals surface area contributed by atoms with Gasteiger partial charge in [-0.1, -0.05) is 121 Å². The molecule has 5 aromatic carbocycles. The van der Waals surface area contributed by atoms with E-state index in [0.29, 0.717) is 5.56 Å². The van der Waals surface area contributed by atoms with Gasteiger partial charge in [-0.2, -0.15) is 5.26 Å². The number of aryl methyl sites for hydroxylation is 1. The van der Waals surface area contributed by atoms with Crippen molar-refractivity contribution in [2.45, 2.75) is 6.92 Å². The summed E-state index contributed by atoms with van der Waals surface area (Å²) in [6.45, 7) is 2.16. The third-order valence-electron chi connectivity index (χ3n) is 5.17. The van der Waals surface area contributed by atoms with Gasteiger partial charge in [0.2, 0.25) is 0 Å². The molecule has 1 nitrogen and oxygen atoms in total. The van der Waals surface area contributed by atoms with Gasteiger partial charge in [0.1, 0.15) is 0 Å². The fraction of sp³-hybridized carbons (Fsp3) is 0.0333. The highest BCUT2D eigenvalue weighted by Crippen LogP contribution is 2.32. The molecule has 0 saturated heterocycles. The summed E-state index contributed by atoms with van der Waals surface area (Å²) in [7, 11) is -0.462. The molecule has 0 bridgehead atoms. The average Bonchev–Trinajstić information content (AvgIpc) is 2.86. The van der Waals surface area contributed by atoms with Crippen LogP contribution in [0.4, 0.5) is 0 Å². The van der Waals surface area contributed by atoms with Gasteiger partial charge in [-0.25, -0.2) is 0 Å². The maximum absolute atomic E-state index is 8.65. The smallest absolute Gasteiger partial charge is 0.0991 e. The summed E-state index contributed by atoms with van der Waals surface area (Å²) in [5.74, 6) is 0. The maximum Gasteiger partial charge on any atom is 0.0991 e. The summed E-state index contributed by atoms with van der Waals surface area (Å²) < 4.78 is 0. The first kappa shape index (κ1) is 24.4. The Morgan fingerprint density at radius 3 is 1.67 bits per heavy atom. The molecular formula is C30H25BrNP. The molecule has 5 rings (SSSR count). The Kier molecular flexibility index (Phi) is 8.96. The fourth-order valence-corrected chi connectivity index (χ4v) is 6.03. The van der Waals surface area contributed by atoms with Crippen LogP contribution in [0.1, 0.15) is 11.1 Å². The molecule has 0 atom stereocenters. The molecule has 0 spiro atoms. The molecule has 5 aromatic rings. The van der Waals surface area contributed by atoms with Gasteiger partial charge in [-0.15, -0.1) is 17.0 Å². The van der Waals surface area contributed by atoms with Gasteiger partial charge >= 0.3 is 0 Å². The predicted octanol–water partition coefficient (Wildman–Crippen LogP) is 7.04. The van der Waals surface area contributed by atoms with E-state index in [1.807, 2.05) is 42.5 Å². The zero-order valence-corrected chi connectivity index (χ0v) is 21.0. The average molecular weight is 510 g/mol. The number of nitriles is 1. The molecule has 0 fully saturated rings. The molecule has 3 heteroatoms. The van der Waals surface area contributed by atoms with E-state index >= 15 is 0 Å². The van der Waals surface area contributed by atoms with E-state index in [1.165, 1.54) is 26.9 Å². The van der Waals surface area contributed by atoms with Crippen LogP contribution in [0.25, 0.3) is 10.8 Å². The van der Waals surface area contributed by atoms with Gasteiger partial charge in [0, 0.05) is 0 Å². The van der Waals surface area contributed by atoms with Crippen LogP contribution in [0, 0.1) is 18.3 Å². The first-order valence-corrected chi connectivity index (χ1v) is 11.9. The van der Waals surface area contributed by atoms with Crippen LogP contribution in [-0.2, 0) is 0 Å². The standard InChI is InChI=1S/C19H17P.C11H7N.BrH/c1-16-9-8-14-19(15-16)20(17-10-4-2-5-11-17)18-12-6-3-7-13-18;12-8-9-5-6-10-3-1-2-4-11(10)7-9;/h2-15H,1H3;1-7H;1H. The molecule has 0 heterocycles. The SMILES string of the molecule is Br.Cc1cccc(P(c2ccccc2)c2ccccc2)c1.N#Cc1ccc2ccccc2c1. The zero-order chi connectivity index (χ0) is 22.2. The van der Waals surface area contributed by atoms with Gasteiger partial charge in [0.25, 0.3) is 0 Å². The lowest BCUT2D eigenvalue weighted by Crippen LogP contribution is -2.20. The lowest BCUT2D eigenvalue weighted by molar-refractivity contribution is 1.50. The van der Waals surface area contributed by atoms with Gasteiger partial charge in [0.05, 0.1) is 11.6 Å². The lowest BCUT2D eigenvalue weighted by atomic mass is 10.1. The van der Waals surface area contributed by atoms with Crippen molar-refractivity contribution >= 4 is 51.6 Å². The van der Waals surface area contributed by atoms with E-state index in [2.05, 4.69) is 97.9 Å². The second-order valence-electron chi connectivity index (χ2n) is 7.52. The summed E-state index contributed by atoms with van der Waals surface area (Å²) in [5, 5.41) is 15.2. The van der Waals surface area contributed by atoms with E-state index < -0.39 is 7.92 Å². The Hall–Kier alpha value is -3.24. The Morgan fingerprint density at radius 2 is 1.09 bits per heavy atom. The van der Waals surface area contributed by atoms with Crippen molar-refractivity contribution in [1.82, 2.24) is 0 Å². The van der Waals surface area contributed by atoms with Crippen LogP contribution in [0.3, 0.4) is 0 Å². The molecule has 0 aliphatic carbocycles. The van der Waals surface area contributed by atoms with Crippen LogP contribution in [0.5, 0.6) is 0 Å². The molecule has 162 valence electrons. The highest BCUT2D eigenvalue weighted by molar-refractivity contribution is 8.93. The largest absolute Gasteiger partial charge is 0.192 e. The van der Waals surface area contributed by atoms with Crippen molar-refractivity contribution in [3.63, 3.8) is 0 Å². The third-order valence-corrected chi connectivity index (χ3v) is 7.59. The number of fused-ring (bicyclic) bond motifs is 1. The lowest BCUT2D eigenvalue weighted by Gasteiger charge is -2.19. The highest BCUT2D eigenvalue weighted by atomic mass is 79.9. The summed E-state index contributed by atoms with van der Waals surface area (Å²) in [5.41, 5.74) is 2.04. The highest BCUT2D eigenvalue weighted by Gasteiger charge is 2.15. The molecule has 0 radical (unpaired) electrons. The Morgan fingerprint density at radius 1 is 0.545 bits per heavy atom. The van der Waals surface area contributed by atoms with Crippen molar-refractivity contribution in [2.24, 2.45) is 0 Å². The van der Waals surface area contributed by atoms with Crippen molar-refractivity contribution in [3.05, 3.63) is 139 Å². The number of halogens is 1. The van der Waals surface area contributed by atoms with E-state index in [1.54, 1.807) is 0 Å². The number of nitrogens with zero attached hydrogens (tertiary/aromatic N) is 1. The Balaban J connectivity index is 0.000000202. The minimum Gasteiger partial charge on any atom is -0.192 e. The number of benzene rings is 5. The quantitative estimate of drug-likeness (QED) is 0.239. The first-order valence-electron chi connectivity index (χ1n) is 10.6. The van der Waals surface area contributed by atoms with Gasteiger partial charge in [-0.05, 0) is 53.7 Å². The molecular weight excluding hydrogens is 485 g/mol. The van der Waals surface area contributed by atoms with Crippen molar-refractivity contribution in [1.29, 1.82) is 5.26 Å². The van der Waals surface area contributed by atoms with Crippen LogP contribution in [0.2, 0.25) is 0 Å². The molecule has 0 aliphatic heterocycles. The maximum atomic E-state index is 8.65. The molecule has 0 unspecified atom stereocenters. The van der Waals surface area contributed by atoms with Gasteiger partial charge in [-0.3, -0.25) is 0 Å². The third kappa shape index (κ3) is 6.39. The summed E-state index contributed by atoms with van der Waals surface area (Å²) in [6.07, 6.45) is 0. The molecule has 33 heavy (non-hydrogen) atoms.